The number of primary amides is 1. The topological polar surface area (TPSA) is 108 Å². The van der Waals surface area contributed by atoms with E-state index in [4.69, 9.17) is 15.2 Å². The van der Waals surface area contributed by atoms with Gasteiger partial charge >= 0.3 is 0 Å². The van der Waals surface area contributed by atoms with Crippen molar-refractivity contribution in [3.63, 3.8) is 0 Å². The van der Waals surface area contributed by atoms with Crippen LogP contribution in [0.2, 0.25) is 0 Å². The van der Waals surface area contributed by atoms with Crippen molar-refractivity contribution < 1.29 is 19.1 Å². The van der Waals surface area contributed by atoms with E-state index in [1.165, 1.54) is 4.90 Å². The molecule has 1 aliphatic carbocycles. The lowest BCUT2D eigenvalue weighted by atomic mass is 10.0. The third kappa shape index (κ3) is 4.94. The zero-order valence-corrected chi connectivity index (χ0v) is 21.6. The summed E-state index contributed by atoms with van der Waals surface area (Å²) < 4.78 is 12.1. The Hall–Kier alpha value is -5.24. The standard InChI is InChI=1S/C32H26N4O4/c33-30(37)32(16-17-32)31(38)36(23-9-5-2-6-10-23)29-14-12-25(20-35-29)40-28-15-18-34-27-19-24(11-13-26(27)28)39-21-22-7-3-1-4-8-22/h1-15,18-20H,16-17,21H2,(H2,33,37). The first-order valence-electron chi connectivity index (χ1n) is 12.9. The molecule has 0 saturated heterocycles. The summed E-state index contributed by atoms with van der Waals surface area (Å²) in [6.07, 6.45) is 4.08. The molecule has 6 rings (SSSR count). The predicted molar refractivity (Wildman–Crippen MR) is 151 cm³/mol. The van der Waals surface area contributed by atoms with E-state index in [0.29, 0.717) is 48.2 Å². The first kappa shape index (κ1) is 25.1. The number of fused-ring (bicyclic) bond motifs is 1. The second-order valence-corrected chi connectivity index (χ2v) is 9.64. The maximum atomic E-state index is 13.5. The van der Waals surface area contributed by atoms with Crippen LogP contribution in [-0.4, -0.2) is 21.8 Å². The van der Waals surface area contributed by atoms with Crippen molar-refractivity contribution in [3.8, 4) is 17.2 Å². The molecule has 0 aliphatic heterocycles. The second-order valence-electron chi connectivity index (χ2n) is 9.64. The molecule has 198 valence electrons. The van der Waals surface area contributed by atoms with Gasteiger partial charge in [-0.15, -0.1) is 0 Å². The number of pyridine rings is 2. The van der Waals surface area contributed by atoms with E-state index >= 15 is 0 Å². The molecular formula is C32H26N4O4. The highest BCUT2D eigenvalue weighted by molar-refractivity contribution is 6.16. The number of carbonyl (C=O) groups is 2. The minimum absolute atomic E-state index is 0.371. The van der Waals surface area contributed by atoms with Gasteiger partial charge in [0.15, 0.2) is 0 Å². The lowest BCUT2D eigenvalue weighted by molar-refractivity contribution is -0.133. The second kappa shape index (κ2) is 10.5. The molecule has 2 aromatic heterocycles. The highest BCUT2D eigenvalue weighted by Crippen LogP contribution is 2.48. The van der Waals surface area contributed by atoms with Gasteiger partial charge in [-0.1, -0.05) is 48.5 Å². The summed E-state index contributed by atoms with van der Waals surface area (Å²) in [5.74, 6) is 1.18. The van der Waals surface area contributed by atoms with Gasteiger partial charge in [-0.05, 0) is 60.9 Å². The van der Waals surface area contributed by atoms with Crippen LogP contribution in [0.15, 0.2) is 109 Å². The summed E-state index contributed by atoms with van der Waals surface area (Å²) in [6, 6.07) is 29.9. The van der Waals surface area contributed by atoms with Crippen LogP contribution in [0, 0.1) is 5.41 Å². The molecule has 0 spiro atoms. The van der Waals surface area contributed by atoms with Crippen molar-refractivity contribution in [3.05, 3.63) is 115 Å². The van der Waals surface area contributed by atoms with E-state index < -0.39 is 11.3 Å². The Balaban J connectivity index is 1.23. The van der Waals surface area contributed by atoms with E-state index in [2.05, 4.69) is 9.97 Å². The molecule has 1 saturated carbocycles. The van der Waals surface area contributed by atoms with Crippen molar-refractivity contribution >= 4 is 34.2 Å². The van der Waals surface area contributed by atoms with Crippen molar-refractivity contribution in [2.75, 3.05) is 4.90 Å². The Morgan fingerprint density at radius 2 is 1.57 bits per heavy atom. The molecule has 1 fully saturated rings. The Bertz CT molecular complexity index is 1670. The molecule has 0 atom stereocenters. The molecule has 0 unspecified atom stereocenters. The number of nitrogens with zero attached hydrogens (tertiary/aromatic N) is 3. The first-order valence-corrected chi connectivity index (χ1v) is 12.9. The largest absolute Gasteiger partial charge is 0.489 e. The van der Waals surface area contributed by atoms with Gasteiger partial charge in [0, 0.05) is 17.6 Å². The summed E-state index contributed by atoms with van der Waals surface area (Å²) >= 11 is 0. The third-order valence-corrected chi connectivity index (χ3v) is 6.95. The number of hydrogen-bond acceptors (Lipinski definition) is 6. The molecule has 2 amide bonds. The number of amides is 2. The minimum Gasteiger partial charge on any atom is -0.489 e. The van der Waals surface area contributed by atoms with Crippen molar-refractivity contribution in [1.82, 2.24) is 9.97 Å². The van der Waals surface area contributed by atoms with Crippen LogP contribution in [0.25, 0.3) is 10.9 Å². The number of carbonyl (C=O) groups excluding carboxylic acids is 2. The maximum absolute atomic E-state index is 13.5. The van der Waals surface area contributed by atoms with Crippen LogP contribution in [-0.2, 0) is 16.2 Å². The fourth-order valence-corrected chi connectivity index (χ4v) is 4.55. The number of anilines is 2. The predicted octanol–water partition coefficient (Wildman–Crippen LogP) is 5.93. The Morgan fingerprint density at radius 3 is 2.25 bits per heavy atom. The van der Waals surface area contributed by atoms with E-state index in [0.717, 1.165) is 16.5 Å². The van der Waals surface area contributed by atoms with Crippen LogP contribution < -0.4 is 20.1 Å². The zero-order valence-electron chi connectivity index (χ0n) is 21.6. The van der Waals surface area contributed by atoms with E-state index in [-0.39, 0.29) is 5.91 Å². The number of aromatic nitrogens is 2. The number of nitrogens with two attached hydrogens (primary N) is 1. The van der Waals surface area contributed by atoms with Gasteiger partial charge in [-0.2, -0.15) is 0 Å². The first-order chi connectivity index (χ1) is 19.5. The Morgan fingerprint density at radius 1 is 0.850 bits per heavy atom. The zero-order chi connectivity index (χ0) is 27.5. The maximum Gasteiger partial charge on any atom is 0.248 e. The quantitative estimate of drug-likeness (QED) is 0.237. The smallest absolute Gasteiger partial charge is 0.248 e. The summed E-state index contributed by atoms with van der Waals surface area (Å²) in [4.78, 5) is 36.0. The highest BCUT2D eigenvalue weighted by atomic mass is 16.5. The van der Waals surface area contributed by atoms with Gasteiger partial charge in [0.05, 0.1) is 17.4 Å². The van der Waals surface area contributed by atoms with Crippen LogP contribution in [0.4, 0.5) is 11.5 Å². The number of hydrogen-bond donors (Lipinski definition) is 1. The lowest BCUT2D eigenvalue weighted by Gasteiger charge is -2.25. The summed E-state index contributed by atoms with van der Waals surface area (Å²) in [7, 11) is 0. The summed E-state index contributed by atoms with van der Waals surface area (Å²) in [5, 5.41) is 0.817. The fraction of sp³-hybridized carbons (Fsp3) is 0.125. The normalized spacial score (nSPS) is 13.4. The average molecular weight is 531 g/mol. The van der Waals surface area contributed by atoms with E-state index in [1.807, 2.05) is 66.7 Å². The van der Waals surface area contributed by atoms with Gasteiger partial charge in [-0.3, -0.25) is 19.5 Å². The van der Waals surface area contributed by atoms with Gasteiger partial charge < -0.3 is 15.2 Å². The molecule has 0 radical (unpaired) electrons. The van der Waals surface area contributed by atoms with Crippen LogP contribution in [0.3, 0.4) is 0 Å². The molecule has 8 nitrogen and oxygen atoms in total. The number of ether oxygens (including phenoxy) is 2. The number of para-hydroxylation sites is 1. The third-order valence-electron chi connectivity index (χ3n) is 6.95. The van der Waals surface area contributed by atoms with Crippen molar-refractivity contribution in [1.29, 1.82) is 0 Å². The molecule has 40 heavy (non-hydrogen) atoms. The van der Waals surface area contributed by atoms with Crippen molar-refractivity contribution in [2.45, 2.75) is 19.4 Å². The molecule has 5 aromatic rings. The molecule has 3 aromatic carbocycles. The highest BCUT2D eigenvalue weighted by Gasteiger charge is 2.57. The molecule has 8 heteroatoms. The van der Waals surface area contributed by atoms with Gasteiger partial charge in [-0.25, -0.2) is 4.98 Å². The number of rotatable bonds is 9. The SMILES string of the molecule is NC(=O)C1(C(=O)N(c2ccccc2)c2ccc(Oc3ccnc4cc(OCc5ccccc5)ccc34)cn2)CC1. The molecule has 1 aliphatic rings. The van der Waals surface area contributed by atoms with Gasteiger partial charge in [0.2, 0.25) is 11.8 Å². The van der Waals surface area contributed by atoms with Crippen LogP contribution in [0.1, 0.15) is 18.4 Å². The lowest BCUT2D eigenvalue weighted by Crippen LogP contribution is -2.41. The van der Waals surface area contributed by atoms with Gasteiger partial charge in [0.25, 0.3) is 0 Å². The van der Waals surface area contributed by atoms with Crippen molar-refractivity contribution in [2.24, 2.45) is 11.1 Å². The van der Waals surface area contributed by atoms with E-state index in [9.17, 15) is 9.59 Å². The monoisotopic (exact) mass is 530 g/mol. The summed E-state index contributed by atoms with van der Waals surface area (Å²) in [6.45, 7) is 0.462. The van der Waals surface area contributed by atoms with E-state index in [1.54, 1.807) is 42.7 Å². The molecule has 2 N–H and O–H groups in total. The minimum atomic E-state index is -1.19. The van der Waals surface area contributed by atoms with Crippen LogP contribution in [0.5, 0.6) is 17.2 Å². The summed E-state index contributed by atoms with van der Waals surface area (Å²) in [5.41, 5.74) is 6.82. The molecule has 0 bridgehead atoms. The average Bonchev–Trinajstić information content (AvgIpc) is 3.81. The van der Waals surface area contributed by atoms with Gasteiger partial charge in [0.1, 0.15) is 35.1 Å². The Kier molecular flexibility index (Phi) is 6.57. The molecule has 2 heterocycles. The fourth-order valence-electron chi connectivity index (χ4n) is 4.55. The van der Waals surface area contributed by atoms with Crippen LogP contribution >= 0.6 is 0 Å². The Labute approximate surface area is 231 Å². The number of benzene rings is 3. The molecular weight excluding hydrogens is 504 g/mol.